The third kappa shape index (κ3) is 7.44. The number of benzene rings is 2. The number of hydrogen-bond acceptors (Lipinski definition) is 6. The first-order chi connectivity index (χ1) is 15.7. The van der Waals surface area contributed by atoms with Crippen molar-refractivity contribution in [2.45, 2.75) is 11.8 Å². The molecule has 0 radical (unpaired) electrons. The topological polar surface area (TPSA) is 108 Å². The zero-order valence-corrected chi connectivity index (χ0v) is 18.5. The second-order valence-electron chi connectivity index (χ2n) is 6.54. The summed E-state index contributed by atoms with van der Waals surface area (Å²) in [4.78, 5) is 24.2. The van der Waals surface area contributed by atoms with Crippen LogP contribution in [-0.2, 0) is 20.5 Å². The van der Waals surface area contributed by atoms with E-state index in [1.807, 2.05) is 0 Å². The lowest BCUT2D eigenvalue weighted by molar-refractivity contribution is -0.129. The van der Waals surface area contributed by atoms with E-state index in [-0.39, 0.29) is 30.3 Å². The number of rotatable bonds is 10. The molecule has 9 nitrogen and oxygen atoms in total. The van der Waals surface area contributed by atoms with Crippen molar-refractivity contribution in [3.8, 4) is 11.5 Å². The molecule has 0 fully saturated rings. The molecule has 1 unspecified atom stereocenters. The molecular weight excluding hydrogens is 467 g/mol. The molecule has 13 heteroatoms. The molecule has 2 aromatic carbocycles. The molecule has 33 heavy (non-hydrogen) atoms. The van der Waals surface area contributed by atoms with Gasteiger partial charge in [-0.3, -0.25) is 10.0 Å². The van der Waals surface area contributed by atoms with Crippen LogP contribution in [0.3, 0.4) is 0 Å². The van der Waals surface area contributed by atoms with Gasteiger partial charge in [0.1, 0.15) is 22.6 Å². The monoisotopic (exact) mass is 489 g/mol. The molecule has 0 aromatic heterocycles. The van der Waals surface area contributed by atoms with Crippen LogP contribution >= 0.6 is 0 Å². The smallest absolute Gasteiger partial charge is 0.409 e. The van der Waals surface area contributed by atoms with Crippen LogP contribution in [0.5, 0.6) is 11.5 Å². The standard InChI is InChI=1S/C20H22F3N3O6S/c1-3-31-20(28)25(2)8-9-26(12-18(27)24-29)33(30)15-10-16(22)19(17(23)11-15)32-14-6-4-13(21)5-7-14/h4-7,10-11,29H,3,8-9,12H2,1-2H3,(H,24,27). The zero-order valence-electron chi connectivity index (χ0n) is 17.7. The maximum absolute atomic E-state index is 14.6. The highest BCUT2D eigenvalue weighted by atomic mass is 32.2. The number of likely N-dealkylation sites (N-methyl/N-ethyl adjacent to an activating group) is 1. The van der Waals surface area contributed by atoms with E-state index in [1.54, 1.807) is 6.92 Å². The minimum atomic E-state index is -2.26. The summed E-state index contributed by atoms with van der Waals surface area (Å²) in [6.45, 7) is 0.950. The SMILES string of the molecule is CCOC(=O)N(C)CCN(CC(=O)NO)S(=O)c1cc(F)c(Oc2ccc(F)cc2)c(F)c1. The minimum Gasteiger partial charge on any atom is -0.451 e. The van der Waals surface area contributed by atoms with Gasteiger partial charge in [0.2, 0.25) is 0 Å². The van der Waals surface area contributed by atoms with Gasteiger partial charge in [0.25, 0.3) is 5.91 Å². The minimum absolute atomic E-state index is 0.0219. The van der Waals surface area contributed by atoms with E-state index in [1.165, 1.54) is 24.7 Å². The number of carbonyl (C=O) groups is 2. The lowest BCUT2D eigenvalue weighted by Crippen LogP contribution is -2.42. The maximum Gasteiger partial charge on any atom is 0.409 e. The Morgan fingerprint density at radius 2 is 1.70 bits per heavy atom. The van der Waals surface area contributed by atoms with Gasteiger partial charge in [-0.05, 0) is 43.3 Å². The fourth-order valence-corrected chi connectivity index (χ4v) is 3.70. The predicted molar refractivity (Wildman–Crippen MR) is 110 cm³/mol. The molecule has 0 aliphatic rings. The van der Waals surface area contributed by atoms with Crippen LogP contribution in [0.1, 0.15) is 6.92 Å². The summed E-state index contributed by atoms with van der Waals surface area (Å²) < 4.78 is 66.0. The Hall–Kier alpha value is -3.16. The average Bonchev–Trinajstić information content (AvgIpc) is 2.79. The third-order valence-corrected chi connectivity index (χ3v) is 5.57. The number of ether oxygens (including phenoxy) is 2. The summed E-state index contributed by atoms with van der Waals surface area (Å²) in [5, 5.41) is 8.78. The fraction of sp³-hybridized carbons (Fsp3) is 0.300. The molecule has 2 aromatic rings. The van der Waals surface area contributed by atoms with E-state index < -0.39 is 52.7 Å². The van der Waals surface area contributed by atoms with E-state index >= 15 is 0 Å². The third-order valence-electron chi connectivity index (χ3n) is 4.15. The molecule has 0 aliphatic heterocycles. The van der Waals surface area contributed by atoms with Crippen molar-refractivity contribution in [3.63, 3.8) is 0 Å². The molecule has 0 saturated heterocycles. The Balaban J connectivity index is 2.22. The van der Waals surface area contributed by atoms with Crippen molar-refractivity contribution in [1.29, 1.82) is 0 Å². The van der Waals surface area contributed by atoms with Crippen molar-refractivity contribution in [3.05, 3.63) is 53.8 Å². The normalized spacial score (nSPS) is 11.7. The van der Waals surface area contributed by atoms with Crippen molar-refractivity contribution in [1.82, 2.24) is 14.7 Å². The Kier molecular flexibility index (Phi) is 9.63. The molecule has 0 heterocycles. The van der Waals surface area contributed by atoms with Crippen molar-refractivity contribution in [2.24, 2.45) is 0 Å². The molecule has 2 N–H and O–H groups in total. The first-order valence-electron chi connectivity index (χ1n) is 9.56. The molecular formula is C20H22F3N3O6S. The molecule has 2 rings (SSSR count). The van der Waals surface area contributed by atoms with Gasteiger partial charge in [0.05, 0.1) is 18.0 Å². The summed E-state index contributed by atoms with van der Waals surface area (Å²) in [6, 6.07) is 5.97. The molecule has 0 saturated carbocycles. The van der Waals surface area contributed by atoms with Crippen LogP contribution < -0.4 is 10.2 Å². The van der Waals surface area contributed by atoms with E-state index in [2.05, 4.69) is 0 Å². The van der Waals surface area contributed by atoms with Crippen molar-refractivity contribution < 1.29 is 41.7 Å². The summed E-state index contributed by atoms with van der Waals surface area (Å²) >= 11 is 0. The van der Waals surface area contributed by atoms with Crippen LogP contribution in [0.15, 0.2) is 41.3 Å². The van der Waals surface area contributed by atoms with E-state index in [4.69, 9.17) is 14.7 Å². The Morgan fingerprint density at radius 1 is 1.09 bits per heavy atom. The van der Waals surface area contributed by atoms with Crippen LogP contribution in [0.25, 0.3) is 0 Å². The van der Waals surface area contributed by atoms with Crippen LogP contribution in [0, 0.1) is 17.5 Å². The number of nitrogens with zero attached hydrogens (tertiary/aromatic N) is 2. The molecule has 0 spiro atoms. The second-order valence-corrected chi connectivity index (χ2v) is 8.03. The number of amides is 2. The van der Waals surface area contributed by atoms with E-state index in [0.717, 1.165) is 33.5 Å². The van der Waals surface area contributed by atoms with Gasteiger partial charge >= 0.3 is 6.09 Å². The van der Waals surface area contributed by atoms with Crippen LogP contribution in [-0.4, -0.2) is 63.9 Å². The first-order valence-corrected chi connectivity index (χ1v) is 10.7. The van der Waals surface area contributed by atoms with E-state index in [9.17, 15) is 27.0 Å². The highest BCUT2D eigenvalue weighted by Gasteiger charge is 2.24. The van der Waals surface area contributed by atoms with Gasteiger partial charge in [-0.25, -0.2) is 32.0 Å². The number of hydroxylamine groups is 1. The maximum atomic E-state index is 14.6. The van der Waals surface area contributed by atoms with Gasteiger partial charge in [-0.1, -0.05) is 0 Å². The average molecular weight is 489 g/mol. The van der Waals surface area contributed by atoms with Gasteiger partial charge < -0.3 is 14.4 Å². The van der Waals surface area contributed by atoms with Crippen molar-refractivity contribution in [2.75, 3.05) is 33.3 Å². The molecule has 0 aliphatic carbocycles. The van der Waals surface area contributed by atoms with Crippen LogP contribution in [0.2, 0.25) is 0 Å². The largest absolute Gasteiger partial charge is 0.451 e. The predicted octanol–water partition coefficient (Wildman–Crippen LogP) is 2.81. The lowest BCUT2D eigenvalue weighted by Gasteiger charge is -2.23. The zero-order chi connectivity index (χ0) is 24.5. The summed E-state index contributed by atoms with van der Waals surface area (Å²) in [6.07, 6.45) is -0.658. The number of nitrogens with one attached hydrogen (secondary N) is 1. The molecule has 1 atom stereocenters. The van der Waals surface area contributed by atoms with Gasteiger partial charge in [0, 0.05) is 20.1 Å². The number of carbonyl (C=O) groups excluding carboxylic acids is 2. The molecule has 2 amide bonds. The number of hydrogen-bond donors (Lipinski definition) is 2. The van der Waals surface area contributed by atoms with E-state index in [0.29, 0.717) is 0 Å². The van der Waals surface area contributed by atoms with Gasteiger partial charge in [-0.15, -0.1) is 0 Å². The summed E-state index contributed by atoms with van der Waals surface area (Å²) in [5.41, 5.74) is 1.38. The first kappa shape index (κ1) is 26.1. The Labute approximate surface area is 190 Å². The lowest BCUT2D eigenvalue weighted by atomic mass is 10.3. The van der Waals surface area contributed by atoms with Gasteiger partial charge in [-0.2, -0.15) is 0 Å². The number of halogens is 3. The second kappa shape index (κ2) is 12.2. The fourth-order valence-electron chi connectivity index (χ4n) is 2.51. The van der Waals surface area contributed by atoms with Crippen LogP contribution in [0.4, 0.5) is 18.0 Å². The summed E-state index contributed by atoms with van der Waals surface area (Å²) in [7, 11) is -0.849. The Morgan fingerprint density at radius 3 is 2.24 bits per heavy atom. The highest BCUT2D eigenvalue weighted by Crippen LogP contribution is 2.30. The highest BCUT2D eigenvalue weighted by molar-refractivity contribution is 7.82. The summed E-state index contributed by atoms with van der Waals surface area (Å²) in [5.74, 6) is -4.67. The van der Waals surface area contributed by atoms with Gasteiger partial charge in [0.15, 0.2) is 17.4 Å². The Bertz CT molecular complexity index is 986. The quantitative estimate of drug-likeness (QED) is 0.393. The molecule has 180 valence electrons. The van der Waals surface area contributed by atoms with Crippen molar-refractivity contribution >= 4 is 23.0 Å². The molecule has 0 bridgehead atoms.